The molecule has 0 aliphatic rings. The molecule has 0 unspecified atom stereocenters. The fourth-order valence-corrected chi connectivity index (χ4v) is 3.03. The second-order valence-electron chi connectivity index (χ2n) is 3.20. The first-order valence-corrected chi connectivity index (χ1v) is 7.76. The summed E-state index contributed by atoms with van der Waals surface area (Å²) < 4.78 is 35.3. The summed E-state index contributed by atoms with van der Waals surface area (Å²) in [6.07, 6.45) is 3.90. The number of hydrogen-bond donors (Lipinski definition) is 0. The van der Waals surface area contributed by atoms with Crippen molar-refractivity contribution < 1.29 is 108 Å². The molecule has 0 heterocycles. The zero-order chi connectivity index (χ0) is 11.9. The van der Waals surface area contributed by atoms with Crippen molar-refractivity contribution in [2.24, 2.45) is 0 Å². The zero-order valence-electron chi connectivity index (χ0n) is 10.5. The zero-order valence-corrected chi connectivity index (χ0v) is 17.4. The van der Waals surface area contributed by atoms with Gasteiger partial charge in [0.2, 0.25) is 0 Å². The quantitative estimate of drug-likeness (QED) is 0.250. The van der Waals surface area contributed by atoms with Gasteiger partial charge in [-0.2, -0.15) is 8.42 Å². The van der Waals surface area contributed by atoms with E-state index in [1.54, 1.807) is 0 Å². The third kappa shape index (κ3) is 18.7. The number of unbranched alkanes of at least 4 members (excludes halogenated alkanes) is 4. The largest absolute Gasteiger partial charge is 1.00 e. The monoisotopic (exact) mass is 320 g/mol. The Morgan fingerprint density at radius 2 is 1.59 bits per heavy atom. The van der Waals surface area contributed by atoms with E-state index in [2.05, 4.69) is 3.97 Å². The molecule has 0 saturated carbocycles. The van der Waals surface area contributed by atoms with Gasteiger partial charge in [0.15, 0.2) is 0 Å². The van der Waals surface area contributed by atoms with Crippen molar-refractivity contribution in [1.82, 2.24) is 0 Å². The van der Waals surface area contributed by atoms with Crippen LogP contribution in [0.5, 0.6) is 0 Å². The molecule has 0 aliphatic heterocycles. The molecular formula is C7H15KNaO6PS. The Hall–Kier alpha value is 2.70. The molecule has 0 aromatic heterocycles. The average Bonchev–Trinajstić information content (AvgIpc) is 1.99. The third-order valence-electron chi connectivity index (χ3n) is 1.70. The first-order chi connectivity index (χ1) is 6.77. The summed E-state index contributed by atoms with van der Waals surface area (Å²) in [4.78, 5) is 20.1. The van der Waals surface area contributed by atoms with Gasteiger partial charge in [-0.25, -0.2) is 3.97 Å². The van der Waals surface area contributed by atoms with Gasteiger partial charge in [-0.05, 0) is 6.42 Å². The van der Waals surface area contributed by atoms with E-state index in [-0.39, 0.29) is 80.9 Å². The van der Waals surface area contributed by atoms with Crippen molar-refractivity contribution in [3.05, 3.63) is 0 Å². The van der Waals surface area contributed by atoms with Crippen molar-refractivity contribution in [1.29, 1.82) is 0 Å². The average molecular weight is 320 g/mol. The fraction of sp³-hybridized carbons (Fsp3) is 1.00. The predicted molar refractivity (Wildman–Crippen MR) is 51.2 cm³/mol. The van der Waals surface area contributed by atoms with Gasteiger partial charge in [0, 0.05) is 0 Å². The molecule has 0 spiro atoms. The van der Waals surface area contributed by atoms with Crippen LogP contribution in [0.1, 0.15) is 39.0 Å². The van der Waals surface area contributed by atoms with E-state index < -0.39 is 23.7 Å². The summed E-state index contributed by atoms with van der Waals surface area (Å²) >= 11 is 0. The Bertz CT molecular complexity index is 316. The third-order valence-corrected chi connectivity index (χ3v) is 4.13. The second-order valence-corrected chi connectivity index (χ2v) is 6.21. The SMILES string of the molecule is CCCCCCCS(=O)(=O)OP(=O)([O-])[O-].[K+].[Na+]. The van der Waals surface area contributed by atoms with Gasteiger partial charge in [-0.15, -0.1) is 0 Å². The first-order valence-electron chi connectivity index (χ1n) is 4.73. The Kier molecular flexibility index (Phi) is 18.1. The smallest absolute Gasteiger partial charge is 0.789 e. The maximum Gasteiger partial charge on any atom is 1.00 e. The topological polar surface area (TPSA) is 107 Å². The molecule has 92 valence electrons. The molecule has 0 radical (unpaired) electrons. The molecule has 0 amide bonds. The van der Waals surface area contributed by atoms with E-state index in [4.69, 9.17) is 0 Å². The summed E-state index contributed by atoms with van der Waals surface area (Å²) in [5.74, 6) is -0.425. The summed E-state index contributed by atoms with van der Waals surface area (Å²) in [6.45, 7) is 2.02. The van der Waals surface area contributed by atoms with Crippen molar-refractivity contribution >= 4 is 17.9 Å². The summed E-state index contributed by atoms with van der Waals surface area (Å²) in [5, 5.41) is 0. The molecule has 0 aromatic carbocycles. The fourth-order valence-electron chi connectivity index (χ4n) is 1.06. The van der Waals surface area contributed by atoms with Gasteiger partial charge in [-0.1, -0.05) is 32.6 Å². The van der Waals surface area contributed by atoms with Crippen LogP contribution >= 0.6 is 7.82 Å². The maximum absolute atomic E-state index is 10.9. The molecule has 0 saturated heterocycles. The van der Waals surface area contributed by atoms with Gasteiger partial charge in [0.05, 0.1) is 13.6 Å². The molecule has 6 nitrogen and oxygen atoms in total. The van der Waals surface area contributed by atoms with Gasteiger partial charge in [0.1, 0.15) is 0 Å². The number of phosphoric acid groups is 1. The van der Waals surface area contributed by atoms with Gasteiger partial charge < -0.3 is 14.4 Å². The van der Waals surface area contributed by atoms with Gasteiger partial charge in [-0.3, -0.25) is 0 Å². The minimum atomic E-state index is -5.44. The molecule has 0 atom stereocenters. The molecule has 0 aliphatic carbocycles. The molecule has 0 fully saturated rings. The van der Waals surface area contributed by atoms with Crippen LogP contribution in [0.15, 0.2) is 0 Å². The van der Waals surface area contributed by atoms with Crippen molar-refractivity contribution in [3.8, 4) is 0 Å². The molecular weight excluding hydrogens is 305 g/mol. The van der Waals surface area contributed by atoms with Crippen LogP contribution in [-0.2, 0) is 18.7 Å². The van der Waals surface area contributed by atoms with E-state index >= 15 is 0 Å². The summed E-state index contributed by atoms with van der Waals surface area (Å²) in [7, 11) is -9.65. The van der Waals surface area contributed by atoms with Crippen LogP contribution in [0.25, 0.3) is 0 Å². The van der Waals surface area contributed by atoms with Crippen LogP contribution in [0.4, 0.5) is 0 Å². The molecule has 10 heteroatoms. The Labute approximate surface area is 167 Å². The molecule has 0 aromatic rings. The van der Waals surface area contributed by atoms with E-state index in [0.29, 0.717) is 12.8 Å². The Morgan fingerprint density at radius 1 is 1.12 bits per heavy atom. The van der Waals surface area contributed by atoms with Crippen LogP contribution < -0.4 is 90.7 Å². The first kappa shape index (κ1) is 24.7. The van der Waals surface area contributed by atoms with E-state index in [9.17, 15) is 22.8 Å². The van der Waals surface area contributed by atoms with Gasteiger partial charge in [0.25, 0.3) is 10.1 Å². The Balaban J connectivity index is -0.000000980. The van der Waals surface area contributed by atoms with Crippen molar-refractivity contribution in [3.63, 3.8) is 0 Å². The normalized spacial score (nSPS) is 11.5. The van der Waals surface area contributed by atoms with Crippen LogP contribution in [0, 0.1) is 0 Å². The summed E-state index contributed by atoms with van der Waals surface area (Å²) in [5.41, 5.74) is 0. The number of rotatable bonds is 8. The standard InChI is InChI=1S/C7H17O6PS.K.Na/c1-2-3-4-5-6-7-15(11,12)13-14(8,9)10;;/h2-7H2,1H3,(H2,8,9,10);;/q;2*+1/p-2. The van der Waals surface area contributed by atoms with E-state index in [0.717, 1.165) is 19.3 Å². The van der Waals surface area contributed by atoms with Crippen LogP contribution in [-0.4, -0.2) is 14.2 Å². The molecule has 0 rings (SSSR count). The number of hydrogen-bond acceptors (Lipinski definition) is 6. The Morgan fingerprint density at radius 3 is 2.00 bits per heavy atom. The van der Waals surface area contributed by atoms with E-state index in [1.165, 1.54) is 0 Å². The predicted octanol–water partition coefficient (Wildman–Crippen LogP) is -5.86. The summed E-state index contributed by atoms with van der Waals surface area (Å²) in [6, 6.07) is 0. The van der Waals surface area contributed by atoms with Crippen molar-refractivity contribution in [2.45, 2.75) is 39.0 Å². The van der Waals surface area contributed by atoms with Crippen LogP contribution in [0.2, 0.25) is 0 Å². The minimum absolute atomic E-state index is 0. The van der Waals surface area contributed by atoms with E-state index in [1.807, 2.05) is 6.92 Å². The minimum Gasteiger partial charge on any atom is -0.789 e. The van der Waals surface area contributed by atoms with Gasteiger partial charge >= 0.3 is 80.9 Å². The maximum atomic E-state index is 10.9. The van der Waals surface area contributed by atoms with Crippen molar-refractivity contribution in [2.75, 3.05) is 5.75 Å². The van der Waals surface area contributed by atoms with Crippen LogP contribution in [0.3, 0.4) is 0 Å². The second kappa shape index (κ2) is 12.4. The molecule has 0 bridgehead atoms. The molecule has 0 N–H and O–H groups in total. The molecule has 17 heavy (non-hydrogen) atoms.